The molecular weight excluding hydrogens is 869 g/mol. The van der Waals surface area contributed by atoms with Gasteiger partial charge in [-0.25, -0.2) is 65.9 Å². The molecule has 7 aromatic rings. The molecule has 9 rings (SSSR count). The summed E-state index contributed by atoms with van der Waals surface area (Å²) in [4.78, 5) is 5.37. The van der Waals surface area contributed by atoms with Crippen molar-refractivity contribution in [2.24, 2.45) is 0 Å². The highest BCUT2D eigenvalue weighted by Gasteiger charge is 2.36. The first-order valence-electron chi connectivity index (χ1n) is 18.1. The minimum atomic E-state index is -2.58. The van der Waals surface area contributed by atoms with E-state index in [2.05, 4.69) is 15.3 Å². The molecule has 0 radical (unpaired) electrons. The molecule has 2 aliphatic rings. The van der Waals surface area contributed by atoms with E-state index in [1.807, 2.05) is 0 Å². The predicted octanol–water partition coefficient (Wildman–Crippen LogP) is 10.0. The van der Waals surface area contributed by atoms with Gasteiger partial charge in [0.05, 0.1) is 33.8 Å². The number of hydrogen-bond donors (Lipinski definition) is 3. The van der Waals surface area contributed by atoms with E-state index in [-0.39, 0.29) is 23.6 Å². The number of rotatable bonds is 5. The van der Waals surface area contributed by atoms with Crippen molar-refractivity contribution in [2.75, 3.05) is 0 Å². The highest BCUT2D eigenvalue weighted by molar-refractivity contribution is 5.87. The Labute approximate surface area is 342 Å². The Morgan fingerprint density at radius 3 is 1.35 bits per heavy atom. The number of hydrogen-bond acceptors (Lipinski definition) is 1. The normalized spacial score (nSPS) is 13.7. The maximum absolute atomic E-state index is 16.0. The fourth-order valence-corrected chi connectivity index (χ4v) is 7.77. The Kier molecular flexibility index (Phi) is 9.74. The fourth-order valence-electron chi connectivity index (χ4n) is 7.77. The van der Waals surface area contributed by atoms with E-state index < -0.39 is 155 Å². The van der Waals surface area contributed by atoms with Crippen molar-refractivity contribution in [3.8, 4) is 11.4 Å². The largest absolute Gasteiger partial charge is 0.358 e. The smallest absolute Gasteiger partial charge is 0.200 e. The van der Waals surface area contributed by atoms with Crippen molar-refractivity contribution >= 4 is 16.7 Å². The molecule has 4 aromatic carbocycles. The zero-order chi connectivity index (χ0) is 44.9. The van der Waals surface area contributed by atoms with E-state index in [1.54, 1.807) is 30.3 Å². The van der Waals surface area contributed by atoms with Crippen LogP contribution in [0.25, 0.3) is 28.1 Å². The molecule has 63 heavy (non-hydrogen) atoms. The van der Waals surface area contributed by atoms with Gasteiger partial charge in [-0.1, -0.05) is 36.4 Å². The maximum atomic E-state index is 16.0. The van der Waals surface area contributed by atoms with E-state index in [0.29, 0.717) is 5.56 Å². The summed E-state index contributed by atoms with van der Waals surface area (Å²) < 4.78 is 230. The topological polar surface area (TPSA) is 48.5 Å². The second-order valence-corrected chi connectivity index (χ2v) is 14.1. The average molecular weight is 889 g/mol. The third-order valence-corrected chi connectivity index (χ3v) is 10.6. The number of H-pyrrole nitrogens is 2. The lowest BCUT2D eigenvalue weighted by Gasteiger charge is -2.18. The molecule has 320 valence electrons. The van der Waals surface area contributed by atoms with Gasteiger partial charge < -0.3 is 19.9 Å². The van der Waals surface area contributed by atoms with E-state index in [1.165, 1.54) is 22.8 Å². The van der Waals surface area contributed by atoms with Gasteiger partial charge in [-0.05, 0) is 42.0 Å². The zero-order valence-corrected chi connectivity index (χ0v) is 31.0. The standard InChI is InChI=1S/C44H19F15N4/c45-30-27(31(46)37(52)42(57)36(30)51)24-17-7-6-16(60-17)22-12-13-23(63(22)14-15-4-2-1-3-5-15)26(29-34(49)40(55)44(59)41(56)35(29)50)21-11-10-20(62-21)25(19-9-8-18(24)61-19)28-32(47)38(53)43(58)39(54)33(28)48/h1-7,9-13,60-62H,8,14H2. The van der Waals surface area contributed by atoms with E-state index in [0.717, 1.165) is 24.3 Å². The molecule has 19 heteroatoms. The average Bonchev–Trinajstić information content (AvgIpc) is 4.13. The van der Waals surface area contributed by atoms with Crippen LogP contribution in [-0.2, 0) is 6.54 Å². The van der Waals surface area contributed by atoms with Gasteiger partial charge in [0.25, 0.3) is 0 Å². The minimum absolute atomic E-state index is 0.0206. The van der Waals surface area contributed by atoms with Crippen molar-refractivity contribution < 1.29 is 65.9 Å². The molecule has 8 bridgehead atoms. The van der Waals surface area contributed by atoms with E-state index in [9.17, 15) is 30.7 Å². The van der Waals surface area contributed by atoms with Gasteiger partial charge in [0.15, 0.2) is 69.8 Å². The third-order valence-electron chi connectivity index (χ3n) is 10.6. The first kappa shape index (κ1) is 41.1. The summed E-state index contributed by atoms with van der Waals surface area (Å²) in [7, 11) is 0. The molecule has 0 unspecified atom stereocenters. The second-order valence-electron chi connectivity index (χ2n) is 14.1. The molecule has 3 N–H and O–H groups in total. The van der Waals surface area contributed by atoms with E-state index in [4.69, 9.17) is 0 Å². The number of nitrogens with zero attached hydrogens (tertiary/aromatic N) is 1. The summed E-state index contributed by atoms with van der Waals surface area (Å²) in [6.45, 7) is -0.263. The molecular formula is C44H19F15N4. The molecule has 0 spiro atoms. The van der Waals surface area contributed by atoms with Crippen LogP contribution in [0, 0.1) is 87.3 Å². The number of nitrogens with one attached hydrogen (secondary N) is 3. The predicted molar refractivity (Wildman–Crippen MR) is 194 cm³/mol. The summed E-state index contributed by atoms with van der Waals surface area (Å²) in [6.07, 6.45) is 0.386. The molecule has 3 aromatic heterocycles. The zero-order valence-electron chi connectivity index (χ0n) is 31.0. The SMILES string of the molecule is Fc1c(F)c(F)c(C2=C3CC=C(N3)C(c3c(F)c(F)c(F)c(F)c3F)=c3ccc([nH]3)=C(c3c(F)c(F)c(F)c(F)c3F)c3ccc(n3Cc3ccccc3)-c3ccc2[nH]3)c(F)c1F. The quantitative estimate of drug-likeness (QED) is 0.0901. The summed E-state index contributed by atoms with van der Waals surface area (Å²) in [5.74, 6) is -36.2. The highest BCUT2D eigenvalue weighted by Crippen LogP contribution is 2.41. The van der Waals surface area contributed by atoms with Crippen LogP contribution >= 0.6 is 0 Å². The summed E-state index contributed by atoms with van der Waals surface area (Å²) in [5.41, 5.74) is -8.52. The molecule has 4 nitrogen and oxygen atoms in total. The molecule has 0 atom stereocenters. The first-order valence-corrected chi connectivity index (χ1v) is 18.1. The van der Waals surface area contributed by atoms with Crippen LogP contribution in [0.3, 0.4) is 0 Å². The van der Waals surface area contributed by atoms with Gasteiger partial charge in [-0.2, -0.15) is 0 Å². The van der Waals surface area contributed by atoms with E-state index >= 15 is 35.1 Å². The number of halogens is 15. The van der Waals surface area contributed by atoms with Gasteiger partial charge in [0.2, 0.25) is 17.5 Å². The Balaban J connectivity index is 1.48. The molecule has 5 heterocycles. The lowest BCUT2D eigenvalue weighted by atomic mass is 9.97. The molecule has 0 fully saturated rings. The molecule has 2 aliphatic heterocycles. The number of benzene rings is 4. The molecule has 0 aliphatic carbocycles. The lowest BCUT2D eigenvalue weighted by molar-refractivity contribution is 0.376. The van der Waals surface area contributed by atoms with Crippen LogP contribution < -0.4 is 16.0 Å². The van der Waals surface area contributed by atoms with Crippen molar-refractivity contribution in [1.29, 1.82) is 0 Å². The Morgan fingerprint density at radius 2 is 0.825 bits per heavy atom. The first-order chi connectivity index (χ1) is 30.0. The van der Waals surface area contributed by atoms with Crippen LogP contribution in [0.15, 0.2) is 84.2 Å². The molecule has 0 saturated carbocycles. The summed E-state index contributed by atoms with van der Waals surface area (Å²) in [6, 6.07) is 14.7. The summed E-state index contributed by atoms with van der Waals surface area (Å²) in [5, 5.41) is 1.35. The molecule has 0 saturated heterocycles. The van der Waals surface area contributed by atoms with Crippen LogP contribution in [0.5, 0.6) is 0 Å². The second kappa shape index (κ2) is 14.9. The molecule has 0 amide bonds. The van der Waals surface area contributed by atoms with Crippen molar-refractivity contribution in [3.63, 3.8) is 0 Å². The van der Waals surface area contributed by atoms with Gasteiger partial charge >= 0.3 is 0 Å². The Morgan fingerprint density at radius 1 is 0.397 bits per heavy atom. The number of aromatic nitrogens is 3. The lowest BCUT2D eigenvalue weighted by Crippen LogP contribution is -2.24. The Bertz CT molecular complexity index is 3230. The fraction of sp³-hybridized carbons (Fsp3) is 0.0455. The van der Waals surface area contributed by atoms with Crippen LogP contribution in [-0.4, -0.2) is 14.5 Å². The van der Waals surface area contributed by atoms with Crippen molar-refractivity contribution in [1.82, 2.24) is 19.9 Å². The Hall–Kier alpha value is -7.31. The van der Waals surface area contributed by atoms with Crippen molar-refractivity contribution in [3.05, 3.63) is 216 Å². The maximum Gasteiger partial charge on any atom is 0.200 e. The van der Waals surface area contributed by atoms with Gasteiger partial charge in [0.1, 0.15) is 0 Å². The van der Waals surface area contributed by atoms with Crippen LogP contribution in [0.1, 0.15) is 40.1 Å². The van der Waals surface area contributed by atoms with Crippen molar-refractivity contribution in [2.45, 2.75) is 13.0 Å². The van der Waals surface area contributed by atoms with Gasteiger partial charge in [-0.3, -0.25) is 0 Å². The highest BCUT2D eigenvalue weighted by atomic mass is 19.2. The van der Waals surface area contributed by atoms with Crippen LogP contribution in [0.2, 0.25) is 0 Å². The number of allylic oxidation sites excluding steroid dienone is 2. The summed E-state index contributed by atoms with van der Waals surface area (Å²) >= 11 is 0. The monoisotopic (exact) mass is 888 g/mol. The third kappa shape index (κ3) is 6.18. The van der Waals surface area contributed by atoms with Gasteiger partial charge in [-0.15, -0.1) is 0 Å². The van der Waals surface area contributed by atoms with Gasteiger partial charge in [0, 0.05) is 57.5 Å². The number of aromatic amines is 2. The van der Waals surface area contributed by atoms with Crippen LogP contribution in [0.4, 0.5) is 65.9 Å². The minimum Gasteiger partial charge on any atom is -0.358 e. The number of fused-ring (bicyclic) bond motifs is 9.